The third-order valence-electron chi connectivity index (χ3n) is 2.42. The Bertz CT molecular complexity index is 543. The van der Waals surface area contributed by atoms with Gasteiger partial charge in [0.2, 0.25) is 0 Å². The van der Waals surface area contributed by atoms with Crippen molar-refractivity contribution in [2.75, 3.05) is 13.9 Å². The molecular formula is C14H12BrClO2. The van der Waals surface area contributed by atoms with Crippen LogP contribution in [0.2, 0.25) is 5.02 Å². The van der Waals surface area contributed by atoms with E-state index in [9.17, 15) is 0 Å². The van der Waals surface area contributed by atoms with Gasteiger partial charge in [0.15, 0.2) is 6.79 Å². The quantitative estimate of drug-likeness (QED) is 0.754. The third-order valence-corrected chi connectivity index (χ3v) is 3.31. The number of halogens is 2. The number of rotatable bonds is 4. The van der Waals surface area contributed by atoms with Gasteiger partial charge in [0, 0.05) is 12.1 Å². The van der Waals surface area contributed by atoms with Crippen LogP contribution in [-0.4, -0.2) is 13.9 Å². The lowest BCUT2D eigenvalue weighted by atomic mass is 10.1. The molecule has 0 unspecified atom stereocenters. The van der Waals surface area contributed by atoms with Gasteiger partial charge >= 0.3 is 0 Å². The number of ether oxygens (including phenoxy) is 2. The summed E-state index contributed by atoms with van der Waals surface area (Å²) >= 11 is 9.43. The van der Waals surface area contributed by atoms with Crippen LogP contribution in [0.3, 0.4) is 0 Å². The van der Waals surface area contributed by atoms with Gasteiger partial charge < -0.3 is 9.47 Å². The predicted octanol–water partition coefficient (Wildman–Crippen LogP) is 4.75. The minimum absolute atomic E-state index is 0.220. The van der Waals surface area contributed by atoms with Gasteiger partial charge in [0.05, 0.1) is 4.47 Å². The van der Waals surface area contributed by atoms with Crippen LogP contribution in [0, 0.1) is 0 Å². The molecule has 0 heterocycles. The summed E-state index contributed by atoms with van der Waals surface area (Å²) in [4.78, 5) is 0. The first-order valence-electron chi connectivity index (χ1n) is 5.38. The second-order valence-electron chi connectivity index (χ2n) is 3.71. The lowest BCUT2D eigenvalue weighted by Crippen LogP contribution is -1.99. The highest BCUT2D eigenvalue weighted by Gasteiger charge is 2.05. The fourth-order valence-electron chi connectivity index (χ4n) is 1.58. The van der Waals surface area contributed by atoms with Crippen molar-refractivity contribution in [3.8, 4) is 16.9 Å². The molecule has 0 bridgehead atoms. The SMILES string of the molecule is COCOc1cc(-c2cccc(Cl)c2)ccc1Br. The number of hydrogen-bond acceptors (Lipinski definition) is 2. The molecule has 0 saturated heterocycles. The first-order valence-corrected chi connectivity index (χ1v) is 6.55. The van der Waals surface area contributed by atoms with E-state index in [0.717, 1.165) is 26.4 Å². The first kappa shape index (κ1) is 13.4. The average Bonchev–Trinajstić information content (AvgIpc) is 2.38. The van der Waals surface area contributed by atoms with Crippen LogP contribution < -0.4 is 4.74 Å². The van der Waals surface area contributed by atoms with Crippen molar-refractivity contribution in [3.05, 3.63) is 52.0 Å². The van der Waals surface area contributed by atoms with Crippen LogP contribution in [0.25, 0.3) is 11.1 Å². The van der Waals surface area contributed by atoms with Gasteiger partial charge in [-0.2, -0.15) is 0 Å². The molecule has 2 aromatic carbocycles. The van der Waals surface area contributed by atoms with E-state index >= 15 is 0 Å². The van der Waals surface area contributed by atoms with E-state index < -0.39 is 0 Å². The van der Waals surface area contributed by atoms with E-state index in [1.54, 1.807) is 7.11 Å². The highest BCUT2D eigenvalue weighted by atomic mass is 79.9. The zero-order valence-electron chi connectivity index (χ0n) is 9.82. The normalized spacial score (nSPS) is 10.4. The Balaban J connectivity index is 2.34. The van der Waals surface area contributed by atoms with E-state index in [-0.39, 0.29) is 6.79 Å². The molecule has 0 N–H and O–H groups in total. The molecule has 0 amide bonds. The second kappa shape index (κ2) is 6.23. The number of methoxy groups -OCH3 is 1. The Morgan fingerprint density at radius 2 is 1.89 bits per heavy atom. The summed E-state index contributed by atoms with van der Waals surface area (Å²) in [6.45, 7) is 0.220. The monoisotopic (exact) mass is 326 g/mol. The summed E-state index contributed by atoms with van der Waals surface area (Å²) in [5, 5.41) is 0.717. The maximum Gasteiger partial charge on any atom is 0.188 e. The molecule has 2 nitrogen and oxygen atoms in total. The molecule has 0 aromatic heterocycles. The lowest BCUT2D eigenvalue weighted by Gasteiger charge is -2.09. The van der Waals surface area contributed by atoms with Gasteiger partial charge in [-0.15, -0.1) is 0 Å². The highest BCUT2D eigenvalue weighted by molar-refractivity contribution is 9.10. The van der Waals surface area contributed by atoms with Crippen LogP contribution in [0.4, 0.5) is 0 Å². The Hall–Kier alpha value is -1.03. The topological polar surface area (TPSA) is 18.5 Å². The summed E-state index contributed by atoms with van der Waals surface area (Å²) in [6, 6.07) is 13.6. The standard InChI is InChI=1S/C14H12BrClO2/c1-17-9-18-14-8-11(5-6-13(14)15)10-3-2-4-12(16)7-10/h2-8H,9H2,1H3. The zero-order chi connectivity index (χ0) is 13.0. The molecule has 0 radical (unpaired) electrons. The fraction of sp³-hybridized carbons (Fsp3) is 0.143. The first-order chi connectivity index (χ1) is 8.70. The van der Waals surface area contributed by atoms with Crippen LogP contribution in [0.1, 0.15) is 0 Å². The summed E-state index contributed by atoms with van der Waals surface area (Å²) in [6.07, 6.45) is 0. The highest BCUT2D eigenvalue weighted by Crippen LogP contribution is 2.31. The Morgan fingerprint density at radius 3 is 2.61 bits per heavy atom. The molecule has 0 aliphatic rings. The van der Waals surface area contributed by atoms with Crippen molar-refractivity contribution in [3.63, 3.8) is 0 Å². The molecule has 0 aliphatic heterocycles. The molecule has 18 heavy (non-hydrogen) atoms. The van der Waals surface area contributed by atoms with Crippen molar-refractivity contribution in [1.82, 2.24) is 0 Å². The fourth-order valence-corrected chi connectivity index (χ4v) is 2.14. The molecule has 0 spiro atoms. The smallest absolute Gasteiger partial charge is 0.188 e. The van der Waals surface area contributed by atoms with Crippen molar-refractivity contribution < 1.29 is 9.47 Å². The maximum atomic E-state index is 5.99. The number of benzene rings is 2. The summed E-state index contributed by atoms with van der Waals surface area (Å²) in [5.41, 5.74) is 2.10. The van der Waals surface area contributed by atoms with Crippen LogP contribution in [0.5, 0.6) is 5.75 Å². The average molecular weight is 328 g/mol. The van der Waals surface area contributed by atoms with Crippen LogP contribution >= 0.6 is 27.5 Å². The Labute approximate surface area is 120 Å². The zero-order valence-corrected chi connectivity index (χ0v) is 12.2. The van der Waals surface area contributed by atoms with E-state index in [2.05, 4.69) is 15.9 Å². The van der Waals surface area contributed by atoms with Crippen molar-refractivity contribution in [2.24, 2.45) is 0 Å². The van der Waals surface area contributed by atoms with Crippen molar-refractivity contribution in [2.45, 2.75) is 0 Å². The van der Waals surface area contributed by atoms with Gasteiger partial charge in [-0.3, -0.25) is 0 Å². The summed E-state index contributed by atoms with van der Waals surface area (Å²) in [7, 11) is 1.59. The van der Waals surface area contributed by atoms with Gasteiger partial charge in [0.25, 0.3) is 0 Å². The minimum Gasteiger partial charge on any atom is -0.466 e. The molecule has 0 saturated carbocycles. The minimum atomic E-state index is 0.220. The van der Waals surface area contributed by atoms with Gasteiger partial charge in [-0.05, 0) is 51.3 Å². The van der Waals surface area contributed by atoms with Crippen molar-refractivity contribution >= 4 is 27.5 Å². The molecule has 2 rings (SSSR count). The number of hydrogen-bond donors (Lipinski definition) is 0. The second-order valence-corrected chi connectivity index (χ2v) is 5.00. The third kappa shape index (κ3) is 3.25. The predicted molar refractivity (Wildman–Crippen MR) is 77.1 cm³/mol. The molecule has 4 heteroatoms. The molecule has 2 aromatic rings. The van der Waals surface area contributed by atoms with Crippen LogP contribution in [0.15, 0.2) is 46.9 Å². The van der Waals surface area contributed by atoms with E-state index in [1.807, 2.05) is 42.5 Å². The van der Waals surface area contributed by atoms with Crippen molar-refractivity contribution in [1.29, 1.82) is 0 Å². The van der Waals surface area contributed by atoms with Crippen LogP contribution in [-0.2, 0) is 4.74 Å². The molecule has 0 aliphatic carbocycles. The summed E-state index contributed by atoms with van der Waals surface area (Å²) < 4.78 is 11.3. The van der Waals surface area contributed by atoms with E-state index in [4.69, 9.17) is 21.1 Å². The molecule has 0 fully saturated rings. The van der Waals surface area contributed by atoms with E-state index in [0.29, 0.717) is 0 Å². The Morgan fingerprint density at radius 1 is 1.11 bits per heavy atom. The molecule has 94 valence electrons. The lowest BCUT2D eigenvalue weighted by molar-refractivity contribution is 0.0506. The largest absolute Gasteiger partial charge is 0.466 e. The Kier molecular flexibility index (Phi) is 4.64. The van der Waals surface area contributed by atoms with Gasteiger partial charge in [-0.1, -0.05) is 29.8 Å². The maximum absolute atomic E-state index is 5.99. The summed E-state index contributed by atoms with van der Waals surface area (Å²) in [5.74, 6) is 0.745. The molecular weight excluding hydrogens is 316 g/mol. The molecule has 0 atom stereocenters. The van der Waals surface area contributed by atoms with Gasteiger partial charge in [-0.25, -0.2) is 0 Å². The van der Waals surface area contributed by atoms with Gasteiger partial charge in [0.1, 0.15) is 5.75 Å². The van der Waals surface area contributed by atoms with E-state index in [1.165, 1.54) is 0 Å².